The number of carbonyl (C=O) groups is 3. The van der Waals surface area contributed by atoms with Crippen molar-refractivity contribution in [2.75, 3.05) is 32.7 Å². The minimum Gasteiger partial charge on any atom is -0.465 e. The summed E-state index contributed by atoms with van der Waals surface area (Å²) in [4.78, 5) is 37.5. The van der Waals surface area contributed by atoms with Gasteiger partial charge < -0.3 is 19.7 Å². The summed E-state index contributed by atoms with van der Waals surface area (Å²) in [6.07, 6.45) is 0.195. The molecule has 0 spiro atoms. The first kappa shape index (κ1) is 17.9. The maximum absolute atomic E-state index is 12.3. The fourth-order valence-electron chi connectivity index (χ4n) is 2.72. The molecule has 1 aromatic carbocycles. The zero-order valence-corrected chi connectivity index (χ0v) is 14.1. The summed E-state index contributed by atoms with van der Waals surface area (Å²) in [7, 11) is 2.89. The number of esters is 1. The van der Waals surface area contributed by atoms with Gasteiger partial charge in [0.2, 0.25) is 11.8 Å². The number of likely N-dealkylation sites (tertiary alicyclic amines) is 1. The van der Waals surface area contributed by atoms with Crippen LogP contribution in [0.5, 0.6) is 0 Å². The van der Waals surface area contributed by atoms with Crippen LogP contribution in [0.4, 0.5) is 5.69 Å². The van der Waals surface area contributed by atoms with Gasteiger partial charge in [-0.25, -0.2) is 4.79 Å². The molecule has 0 radical (unpaired) electrons. The van der Waals surface area contributed by atoms with Crippen LogP contribution in [0.3, 0.4) is 0 Å². The third-order valence-electron chi connectivity index (χ3n) is 4.04. The Kier molecular flexibility index (Phi) is 5.92. The van der Waals surface area contributed by atoms with Gasteiger partial charge in [0, 0.05) is 25.8 Å². The fraction of sp³-hybridized carbons (Fsp3) is 0.471. The van der Waals surface area contributed by atoms with Crippen molar-refractivity contribution >= 4 is 23.5 Å². The lowest BCUT2D eigenvalue weighted by Gasteiger charge is -2.23. The molecule has 0 unspecified atom stereocenters. The first-order valence-electron chi connectivity index (χ1n) is 7.74. The zero-order chi connectivity index (χ0) is 17.7. The molecule has 1 saturated heterocycles. The number of hydrogen-bond donors (Lipinski definition) is 1. The van der Waals surface area contributed by atoms with E-state index in [4.69, 9.17) is 4.74 Å². The highest BCUT2D eigenvalue weighted by Gasteiger charge is 2.36. The van der Waals surface area contributed by atoms with Crippen molar-refractivity contribution in [2.45, 2.75) is 19.4 Å². The Bertz CT molecular complexity index is 614. The first-order valence-corrected chi connectivity index (χ1v) is 7.74. The Morgan fingerprint density at radius 2 is 1.96 bits per heavy atom. The largest absolute Gasteiger partial charge is 0.465 e. The van der Waals surface area contributed by atoms with Crippen LogP contribution in [-0.4, -0.2) is 56.1 Å². The Balaban J connectivity index is 1.95. The van der Waals surface area contributed by atoms with Gasteiger partial charge in [-0.05, 0) is 31.2 Å². The van der Waals surface area contributed by atoms with Gasteiger partial charge in [0.25, 0.3) is 0 Å². The predicted octanol–water partition coefficient (Wildman–Crippen LogP) is 1.30. The molecule has 2 rings (SSSR count). The van der Waals surface area contributed by atoms with Gasteiger partial charge >= 0.3 is 5.97 Å². The number of nitrogens with zero attached hydrogens (tertiary/aromatic N) is 1. The molecule has 24 heavy (non-hydrogen) atoms. The Morgan fingerprint density at radius 1 is 1.29 bits per heavy atom. The molecule has 1 N–H and O–H groups in total. The molecule has 0 bridgehead atoms. The van der Waals surface area contributed by atoms with Crippen LogP contribution in [-0.2, 0) is 19.1 Å². The second kappa shape index (κ2) is 7.92. The van der Waals surface area contributed by atoms with Gasteiger partial charge in [-0.15, -0.1) is 0 Å². The smallest absolute Gasteiger partial charge is 0.337 e. The summed E-state index contributed by atoms with van der Waals surface area (Å²) in [5, 5.41) is 2.78. The third kappa shape index (κ3) is 4.11. The normalized spacial score (nSPS) is 18.4. The standard InChI is InChI=1S/C17H22N2O5/c1-11(10-23-2)19-9-13(8-15(19)20)16(21)18-14-6-4-12(5-7-14)17(22)24-3/h4-7,11,13H,8-10H2,1-3H3,(H,18,21)/t11-,13+/m1/s1. The molecule has 0 saturated carbocycles. The lowest BCUT2D eigenvalue weighted by molar-refractivity contribution is -0.130. The summed E-state index contributed by atoms with van der Waals surface area (Å²) < 4.78 is 9.69. The lowest BCUT2D eigenvalue weighted by Crippen LogP contribution is -2.38. The second-order valence-electron chi connectivity index (χ2n) is 5.81. The Morgan fingerprint density at radius 3 is 2.54 bits per heavy atom. The molecule has 130 valence electrons. The van der Waals surface area contributed by atoms with Crippen LogP contribution < -0.4 is 5.32 Å². The molecule has 1 aliphatic rings. The maximum atomic E-state index is 12.3. The number of ether oxygens (including phenoxy) is 2. The number of amides is 2. The molecule has 7 nitrogen and oxygen atoms in total. The van der Waals surface area contributed by atoms with Crippen LogP contribution in [0.2, 0.25) is 0 Å². The average molecular weight is 334 g/mol. The number of nitrogens with one attached hydrogen (secondary N) is 1. The van der Waals surface area contributed by atoms with E-state index in [-0.39, 0.29) is 24.3 Å². The van der Waals surface area contributed by atoms with Gasteiger partial charge in [-0.1, -0.05) is 0 Å². The van der Waals surface area contributed by atoms with E-state index in [9.17, 15) is 14.4 Å². The highest BCUT2D eigenvalue weighted by molar-refractivity contribution is 5.97. The molecule has 0 aliphatic carbocycles. The average Bonchev–Trinajstić information content (AvgIpc) is 2.97. The molecule has 1 heterocycles. The number of hydrogen-bond acceptors (Lipinski definition) is 5. The van der Waals surface area contributed by atoms with Gasteiger partial charge in [0.15, 0.2) is 0 Å². The zero-order valence-electron chi connectivity index (χ0n) is 14.1. The molecule has 1 aromatic rings. The van der Waals surface area contributed by atoms with Crippen LogP contribution in [0, 0.1) is 5.92 Å². The van der Waals surface area contributed by atoms with E-state index < -0.39 is 11.9 Å². The fourth-order valence-corrected chi connectivity index (χ4v) is 2.72. The molecule has 1 fully saturated rings. The summed E-state index contributed by atoms with van der Waals surface area (Å²) >= 11 is 0. The topological polar surface area (TPSA) is 84.9 Å². The van der Waals surface area contributed by atoms with Gasteiger partial charge in [-0.3, -0.25) is 9.59 Å². The van der Waals surface area contributed by atoms with E-state index in [1.54, 1.807) is 36.3 Å². The second-order valence-corrected chi connectivity index (χ2v) is 5.81. The monoisotopic (exact) mass is 334 g/mol. The maximum Gasteiger partial charge on any atom is 0.337 e. The molecule has 7 heteroatoms. The highest BCUT2D eigenvalue weighted by Crippen LogP contribution is 2.22. The van der Waals surface area contributed by atoms with Crippen molar-refractivity contribution in [1.82, 2.24) is 4.90 Å². The van der Waals surface area contributed by atoms with Crippen LogP contribution in [0.25, 0.3) is 0 Å². The minimum atomic E-state index is -0.433. The molecule has 1 aliphatic heterocycles. The van der Waals surface area contributed by atoms with E-state index in [1.165, 1.54) is 7.11 Å². The summed E-state index contributed by atoms with van der Waals surface area (Å²) in [5.41, 5.74) is 0.981. The van der Waals surface area contributed by atoms with E-state index in [0.29, 0.717) is 24.4 Å². The lowest BCUT2D eigenvalue weighted by atomic mass is 10.1. The van der Waals surface area contributed by atoms with Gasteiger partial charge in [0.1, 0.15) is 0 Å². The minimum absolute atomic E-state index is 0.0410. The molecular weight excluding hydrogens is 312 g/mol. The SMILES string of the molecule is COC[C@@H](C)N1C[C@@H](C(=O)Nc2ccc(C(=O)OC)cc2)CC1=O. The van der Waals surface area contributed by atoms with Crippen LogP contribution in [0.1, 0.15) is 23.7 Å². The number of benzene rings is 1. The summed E-state index contributed by atoms with van der Waals surface area (Å²) in [6, 6.07) is 6.36. The number of methoxy groups -OCH3 is 2. The van der Waals surface area contributed by atoms with Crippen molar-refractivity contribution in [3.05, 3.63) is 29.8 Å². The number of carbonyl (C=O) groups excluding carboxylic acids is 3. The van der Waals surface area contributed by atoms with Gasteiger partial charge in [0.05, 0.1) is 31.2 Å². The van der Waals surface area contributed by atoms with Crippen molar-refractivity contribution in [2.24, 2.45) is 5.92 Å². The van der Waals surface area contributed by atoms with Crippen molar-refractivity contribution in [1.29, 1.82) is 0 Å². The van der Waals surface area contributed by atoms with Crippen LogP contribution in [0.15, 0.2) is 24.3 Å². The van der Waals surface area contributed by atoms with Crippen LogP contribution >= 0.6 is 0 Å². The summed E-state index contributed by atoms with van der Waals surface area (Å²) in [5.74, 6) is -1.07. The predicted molar refractivity (Wildman–Crippen MR) is 87.6 cm³/mol. The molecule has 2 amide bonds. The van der Waals surface area contributed by atoms with Crippen molar-refractivity contribution in [3.8, 4) is 0 Å². The molecule has 0 aromatic heterocycles. The van der Waals surface area contributed by atoms with E-state index in [2.05, 4.69) is 10.1 Å². The quantitative estimate of drug-likeness (QED) is 0.793. The first-order chi connectivity index (χ1) is 11.5. The van der Waals surface area contributed by atoms with Gasteiger partial charge in [-0.2, -0.15) is 0 Å². The van der Waals surface area contributed by atoms with E-state index >= 15 is 0 Å². The Labute approximate surface area is 140 Å². The number of rotatable bonds is 6. The van der Waals surface area contributed by atoms with E-state index in [1.807, 2.05) is 6.92 Å². The third-order valence-corrected chi connectivity index (χ3v) is 4.04. The number of anilines is 1. The van der Waals surface area contributed by atoms with E-state index in [0.717, 1.165) is 0 Å². The summed E-state index contributed by atoms with van der Waals surface area (Å²) in [6.45, 7) is 2.72. The Hall–Kier alpha value is -2.41. The van der Waals surface area contributed by atoms with Crippen molar-refractivity contribution in [3.63, 3.8) is 0 Å². The molecular formula is C17H22N2O5. The molecule has 2 atom stereocenters. The van der Waals surface area contributed by atoms with Crippen molar-refractivity contribution < 1.29 is 23.9 Å². The highest BCUT2D eigenvalue weighted by atomic mass is 16.5.